The van der Waals surface area contributed by atoms with Crippen molar-refractivity contribution in [1.82, 2.24) is 25.8 Å². The summed E-state index contributed by atoms with van der Waals surface area (Å²) in [6.07, 6.45) is 2.29. The second-order valence-corrected chi connectivity index (χ2v) is 3.00. The summed E-state index contributed by atoms with van der Waals surface area (Å²) in [7, 11) is 0. The minimum Gasteiger partial charge on any atom is -0.345 e. The van der Waals surface area contributed by atoms with E-state index in [1.54, 1.807) is 0 Å². The van der Waals surface area contributed by atoms with E-state index in [0.29, 0.717) is 0 Å². The lowest BCUT2D eigenvalue weighted by atomic mass is 10.2. The van der Waals surface area contributed by atoms with Crippen molar-refractivity contribution >= 4 is 5.91 Å². The molecule has 1 aromatic heterocycles. The van der Waals surface area contributed by atoms with Crippen LogP contribution in [0.25, 0.3) is 0 Å². The molecular formula is C7H11N5O. The molecule has 0 aromatic carbocycles. The molecule has 2 rings (SSSR count). The molecule has 0 radical (unpaired) electrons. The second-order valence-electron chi connectivity index (χ2n) is 3.00. The van der Waals surface area contributed by atoms with Crippen molar-refractivity contribution in [3.8, 4) is 0 Å². The SMILES string of the molecule is O=C(N[C@H]1CCNC1)c1ncn[nH]1. The van der Waals surface area contributed by atoms with E-state index in [4.69, 9.17) is 0 Å². The molecule has 70 valence electrons. The van der Waals surface area contributed by atoms with Crippen molar-refractivity contribution in [1.29, 1.82) is 0 Å². The minimum atomic E-state index is -0.189. The Morgan fingerprint density at radius 1 is 1.69 bits per heavy atom. The zero-order chi connectivity index (χ0) is 9.10. The maximum Gasteiger partial charge on any atom is 0.288 e. The maximum absolute atomic E-state index is 11.4. The molecule has 1 aromatic rings. The van der Waals surface area contributed by atoms with E-state index in [0.717, 1.165) is 19.5 Å². The van der Waals surface area contributed by atoms with Crippen molar-refractivity contribution in [3.63, 3.8) is 0 Å². The summed E-state index contributed by atoms with van der Waals surface area (Å²) in [6.45, 7) is 1.79. The number of carbonyl (C=O) groups is 1. The molecule has 1 fully saturated rings. The molecule has 6 nitrogen and oxygen atoms in total. The van der Waals surface area contributed by atoms with Crippen LogP contribution >= 0.6 is 0 Å². The van der Waals surface area contributed by atoms with Crippen molar-refractivity contribution in [2.75, 3.05) is 13.1 Å². The van der Waals surface area contributed by atoms with E-state index < -0.39 is 0 Å². The van der Waals surface area contributed by atoms with Crippen molar-refractivity contribution in [2.45, 2.75) is 12.5 Å². The fourth-order valence-electron chi connectivity index (χ4n) is 1.35. The van der Waals surface area contributed by atoms with Crippen molar-refractivity contribution in [3.05, 3.63) is 12.2 Å². The third-order valence-corrected chi connectivity index (χ3v) is 2.03. The van der Waals surface area contributed by atoms with Gasteiger partial charge in [-0.3, -0.25) is 9.89 Å². The number of hydrogen-bond donors (Lipinski definition) is 3. The average molecular weight is 181 g/mol. The van der Waals surface area contributed by atoms with Crippen LogP contribution in [-0.4, -0.2) is 40.2 Å². The number of rotatable bonds is 2. The largest absolute Gasteiger partial charge is 0.345 e. The zero-order valence-electron chi connectivity index (χ0n) is 7.08. The summed E-state index contributed by atoms with van der Waals surface area (Å²) in [5.74, 6) is 0.0816. The Hall–Kier alpha value is -1.43. The fraction of sp³-hybridized carbons (Fsp3) is 0.571. The van der Waals surface area contributed by atoms with Gasteiger partial charge >= 0.3 is 0 Å². The third kappa shape index (κ3) is 1.83. The van der Waals surface area contributed by atoms with E-state index in [9.17, 15) is 4.79 Å². The molecule has 0 aliphatic carbocycles. The normalized spacial score (nSPS) is 21.7. The quantitative estimate of drug-likeness (QED) is 0.540. The highest BCUT2D eigenvalue weighted by Gasteiger charge is 2.18. The predicted molar refractivity (Wildman–Crippen MR) is 45.1 cm³/mol. The van der Waals surface area contributed by atoms with Gasteiger partial charge in [-0.25, -0.2) is 4.98 Å². The molecule has 1 atom stereocenters. The molecule has 3 N–H and O–H groups in total. The number of amides is 1. The lowest BCUT2D eigenvalue weighted by Crippen LogP contribution is -2.36. The van der Waals surface area contributed by atoms with Crippen LogP contribution in [0.5, 0.6) is 0 Å². The summed E-state index contributed by atoms with van der Waals surface area (Å²) in [5.41, 5.74) is 0. The molecule has 6 heteroatoms. The van der Waals surface area contributed by atoms with Crippen molar-refractivity contribution < 1.29 is 4.79 Å². The van der Waals surface area contributed by atoms with Gasteiger partial charge in [0.15, 0.2) is 0 Å². The van der Waals surface area contributed by atoms with Crippen LogP contribution in [0.1, 0.15) is 17.0 Å². The van der Waals surface area contributed by atoms with Gasteiger partial charge in [0.2, 0.25) is 5.82 Å². The Morgan fingerprint density at radius 3 is 3.23 bits per heavy atom. The van der Waals surface area contributed by atoms with Crippen LogP contribution in [-0.2, 0) is 0 Å². The smallest absolute Gasteiger partial charge is 0.288 e. The third-order valence-electron chi connectivity index (χ3n) is 2.03. The Bertz CT molecular complexity index is 277. The van der Waals surface area contributed by atoms with E-state index in [2.05, 4.69) is 25.8 Å². The topological polar surface area (TPSA) is 82.7 Å². The zero-order valence-corrected chi connectivity index (χ0v) is 7.08. The van der Waals surface area contributed by atoms with Gasteiger partial charge in [0.05, 0.1) is 0 Å². The highest BCUT2D eigenvalue weighted by Crippen LogP contribution is 1.98. The van der Waals surface area contributed by atoms with E-state index in [-0.39, 0.29) is 17.8 Å². The van der Waals surface area contributed by atoms with Crippen LogP contribution in [0.3, 0.4) is 0 Å². The maximum atomic E-state index is 11.4. The van der Waals surface area contributed by atoms with E-state index >= 15 is 0 Å². The first kappa shape index (κ1) is 8.18. The standard InChI is InChI=1S/C7H11N5O/c13-7(6-9-4-10-12-6)11-5-1-2-8-3-5/h4-5,8H,1-3H2,(H,11,13)(H,9,10,12)/t5-/m0/s1. The monoisotopic (exact) mass is 181 g/mol. The summed E-state index contributed by atoms with van der Waals surface area (Å²) in [4.78, 5) is 15.1. The van der Waals surface area contributed by atoms with Gasteiger partial charge in [-0.1, -0.05) is 0 Å². The number of aromatic nitrogens is 3. The first-order chi connectivity index (χ1) is 6.36. The number of carbonyl (C=O) groups excluding carboxylic acids is 1. The van der Waals surface area contributed by atoms with Crippen LogP contribution in [0.15, 0.2) is 6.33 Å². The Kier molecular flexibility index (Phi) is 2.22. The highest BCUT2D eigenvalue weighted by molar-refractivity contribution is 5.90. The number of hydrogen-bond acceptors (Lipinski definition) is 4. The van der Waals surface area contributed by atoms with Gasteiger partial charge in [0, 0.05) is 12.6 Å². The lowest BCUT2D eigenvalue weighted by molar-refractivity contribution is 0.0930. The Morgan fingerprint density at radius 2 is 2.62 bits per heavy atom. The highest BCUT2D eigenvalue weighted by atomic mass is 16.2. The van der Waals surface area contributed by atoms with Crippen LogP contribution in [0.4, 0.5) is 0 Å². The molecule has 2 heterocycles. The first-order valence-electron chi connectivity index (χ1n) is 4.23. The molecule has 0 saturated carbocycles. The summed E-state index contributed by atoms with van der Waals surface area (Å²) >= 11 is 0. The fourth-order valence-corrected chi connectivity index (χ4v) is 1.35. The van der Waals surface area contributed by atoms with E-state index in [1.165, 1.54) is 6.33 Å². The van der Waals surface area contributed by atoms with Crippen LogP contribution in [0, 0.1) is 0 Å². The predicted octanol–water partition coefficient (Wildman–Crippen LogP) is -1.10. The number of aromatic amines is 1. The molecule has 0 unspecified atom stereocenters. The minimum absolute atomic E-state index is 0.189. The van der Waals surface area contributed by atoms with Gasteiger partial charge < -0.3 is 10.6 Å². The molecule has 1 aliphatic heterocycles. The lowest BCUT2D eigenvalue weighted by Gasteiger charge is -2.08. The molecule has 1 saturated heterocycles. The second kappa shape index (κ2) is 3.53. The van der Waals surface area contributed by atoms with Gasteiger partial charge in [-0.05, 0) is 13.0 Å². The molecule has 1 aliphatic rings. The van der Waals surface area contributed by atoms with Crippen molar-refractivity contribution in [2.24, 2.45) is 0 Å². The first-order valence-corrected chi connectivity index (χ1v) is 4.23. The average Bonchev–Trinajstić information content (AvgIpc) is 2.74. The van der Waals surface area contributed by atoms with Gasteiger partial charge in [-0.15, -0.1) is 0 Å². The molecule has 0 spiro atoms. The number of nitrogens with one attached hydrogen (secondary N) is 3. The number of nitrogens with zero attached hydrogens (tertiary/aromatic N) is 2. The van der Waals surface area contributed by atoms with Gasteiger partial charge in [-0.2, -0.15) is 5.10 Å². The van der Waals surface area contributed by atoms with Crippen LogP contribution in [0.2, 0.25) is 0 Å². The summed E-state index contributed by atoms with van der Waals surface area (Å²) in [6, 6.07) is 0.220. The van der Waals surface area contributed by atoms with Crippen LogP contribution < -0.4 is 10.6 Å². The molecule has 0 bridgehead atoms. The van der Waals surface area contributed by atoms with Gasteiger partial charge in [0.1, 0.15) is 6.33 Å². The Balaban J connectivity index is 1.91. The molecular weight excluding hydrogens is 170 g/mol. The summed E-state index contributed by atoms with van der Waals surface area (Å²) < 4.78 is 0. The molecule has 1 amide bonds. The van der Waals surface area contributed by atoms with E-state index in [1.807, 2.05) is 0 Å². The number of H-pyrrole nitrogens is 1. The Labute approximate surface area is 75.1 Å². The summed E-state index contributed by atoms with van der Waals surface area (Å²) in [5, 5.41) is 12.1. The molecule has 13 heavy (non-hydrogen) atoms. The van der Waals surface area contributed by atoms with Gasteiger partial charge in [0.25, 0.3) is 5.91 Å².